The molecule has 35 heavy (non-hydrogen) atoms. The Kier molecular flexibility index (Phi) is 7.32. The molecule has 3 aromatic rings. The van der Waals surface area contributed by atoms with E-state index in [0.29, 0.717) is 35.8 Å². The number of allylic oxidation sites excluding steroid dienone is 2. The summed E-state index contributed by atoms with van der Waals surface area (Å²) < 4.78 is 4.22. The van der Waals surface area contributed by atoms with Gasteiger partial charge in [0.15, 0.2) is 16.9 Å². The summed E-state index contributed by atoms with van der Waals surface area (Å²) in [6, 6.07) is 7.21. The van der Waals surface area contributed by atoms with Crippen molar-refractivity contribution >= 4 is 34.7 Å². The molecule has 0 bridgehead atoms. The van der Waals surface area contributed by atoms with Crippen LogP contribution in [0, 0.1) is 0 Å². The van der Waals surface area contributed by atoms with Gasteiger partial charge in [0.1, 0.15) is 0 Å². The molecule has 186 valence electrons. The molecule has 3 heterocycles. The molecular formula is C25H32N6O3S. The number of hydrogen-bond donors (Lipinski definition) is 1. The maximum Gasteiger partial charge on any atom is 0.332 e. The standard InChI is InChI=1S/C25H32N6O3S/c1-16(2)10-12-30-21-22(27-24(30)29-11-6-8-18(26)14-29)28(3)25(34)31(23(21)33)15-20(32)17-7-5-9-19(13-17)35-4/h5,7,9-10,13,18H,6,8,11-12,14-15,26H2,1-4H3. The molecule has 1 aliphatic rings. The second-order valence-electron chi connectivity index (χ2n) is 9.21. The molecule has 1 aromatic carbocycles. The van der Waals surface area contributed by atoms with Gasteiger partial charge in [-0.15, -0.1) is 11.8 Å². The Morgan fingerprint density at radius 1 is 1.26 bits per heavy atom. The number of benzene rings is 1. The van der Waals surface area contributed by atoms with Crippen LogP contribution in [0.2, 0.25) is 0 Å². The average Bonchev–Trinajstić information content (AvgIpc) is 3.23. The van der Waals surface area contributed by atoms with E-state index in [4.69, 9.17) is 10.7 Å². The lowest BCUT2D eigenvalue weighted by molar-refractivity contribution is 0.0968. The highest BCUT2D eigenvalue weighted by atomic mass is 32.2. The van der Waals surface area contributed by atoms with Crippen molar-refractivity contribution in [2.24, 2.45) is 12.8 Å². The molecule has 4 rings (SSSR count). The number of imidazole rings is 1. The maximum absolute atomic E-state index is 13.7. The Morgan fingerprint density at radius 3 is 2.71 bits per heavy atom. The Hall–Kier alpha value is -3.11. The summed E-state index contributed by atoms with van der Waals surface area (Å²) in [5, 5.41) is 0. The van der Waals surface area contributed by atoms with Gasteiger partial charge in [-0.1, -0.05) is 23.8 Å². The fourth-order valence-corrected chi connectivity index (χ4v) is 4.87. The number of rotatable bonds is 7. The van der Waals surface area contributed by atoms with Crippen molar-refractivity contribution < 1.29 is 4.79 Å². The van der Waals surface area contributed by atoms with E-state index in [2.05, 4.69) is 4.90 Å². The quantitative estimate of drug-likeness (QED) is 0.304. The largest absolute Gasteiger partial charge is 0.341 e. The van der Waals surface area contributed by atoms with E-state index in [1.807, 2.05) is 36.8 Å². The van der Waals surface area contributed by atoms with Crippen LogP contribution >= 0.6 is 11.8 Å². The maximum atomic E-state index is 13.7. The molecule has 0 spiro atoms. The molecule has 0 amide bonds. The number of ketones is 1. The van der Waals surface area contributed by atoms with Crippen LogP contribution in [0.4, 0.5) is 5.95 Å². The summed E-state index contributed by atoms with van der Waals surface area (Å²) in [6.45, 7) is 5.48. The zero-order valence-corrected chi connectivity index (χ0v) is 21.5. The first-order valence-corrected chi connectivity index (χ1v) is 12.9. The van der Waals surface area contributed by atoms with E-state index in [-0.39, 0.29) is 18.4 Å². The number of fused-ring (bicyclic) bond motifs is 1. The smallest absolute Gasteiger partial charge is 0.332 e. The normalized spacial score (nSPS) is 16.0. The molecule has 1 fully saturated rings. The van der Waals surface area contributed by atoms with E-state index in [1.165, 1.54) is 16.3 Å². The molecule has 1 atom stereocenters. The number of Topliss-reactive ketones (excluding diaryl/α,β-unsaturated/α-hetero) is 1. The van der Waals surface area contributed by atoms with Gasteiger partial charge in [0, 0.05) is 43.2 Å². The molecule has 2 aromatic heterocycles. The van der Waals surface area contributed by atoms with Crippen molar-refractivity contribution in [3.63, 3.8) is 0 Å². The number of piperidine rings is 1. The lowest BCUT2D eigenvalue weighted by Gasteiger charge is -2.31. The lowest BCUT2D eigenvalue weighted by atomic mass is 10.1. The predicted octanol–water partition coefficient (Wildman–Crippen LogP) is 2.40. The predicted molar refractivity (Wildman–Crippen MR) is 141 cm³/mol. The minimum atomic E-state index is -0.564. The zero-order chi connectivity index (χ0) is 25.3. The van der Waals surface area contributed by atoms with Gasteiger partial charge in [0.05, 0.1) is 6.54 Å². The minimum Gasteiger partial charge on any atom is -0.341 e. The van der Waals surface area contributed by atoms with Crippen molar-refractivity contribution in [2.75, 3.05) is 24.2 Å². The van der Waals surface area contributed by atoms with Crippen molar-refractivity contribution in [1.82, 2.24) is 18.7 Å². The van der Waals surface area contributed by atoms with E-state index >= 15 is 0 Å². The third kappa shape index (κ3) is 4.99. The van der Waals surface area contributed by atoms with Crippen LogP contribution < -0.4 is 21.9 Å². The number of aryl methyl sites for hydroxylation is 1. The van der Waals surface area contributed by atoms with Gasteiger partial charge in [-0.05, 0) is 45.1 Å². The molecule has 10 heteroatoms. The summed E-state index contributed by atoms with van der Waals surface area (Å²) >= 11 is 1.53. The molecular weight excluding hydrogens is 464 g/mol. The van der Waals surface area contributed by atoms with Crippen LogP contribution in [-0.4, -0.2) is 49.9 Å². The first-order valence-electron chi connectivity index (χ1n) is 11.7. The molecule has 2 N–H and O–H groups in total. The number of carbonyl (C=O) groups is 1. The minimum absolute atomic E-state index is 0.0237. The second kappa shape index (κ2) is 10.2. The van der Waals surface area contributed by atoms with Crippen LogP contribution in [0.1, 0.15) is 37.0 Å². The number of carbonyl (C=O) groups excluding carboxylic acids is 1. The zero-order valence-electron chi connectivity index (χ0n) is 20.7. The summed E-state index contributed by atoms with van der Waals surface area (Å²) in [5.41, 5.74) is 7.32. The van der Waals surface area contributed by atoms with Crippen LogP contribution in [0.3, 0.4) is 0 Å². The summed E-state index contributed by atoms with van der Waals surface area (Å²) in [4.78, 5) is 47.7. The SMILES string of the molecule is CSc1cccc(C(=O)Cn2c(=O)c3c(nc(N4CCCC(N)C4)n3CC=C(C)C)n(C)c2=O)c1. The van der Waals surface area contributed by atoms with Gasteiger partial charge in [0.25, 0.3) is 5.56 Å². The van der Waals surface area contributed by atoms with E-state index in [9.17, 15) is 14.4 Å². The molecule has 0 radical (unpaired) electrons. The van der Waals surface area contributed by atoms with E-state index < -0.39 is 11.2 Å². The van der Waals surface area contributed by atoms with Crippen molar-refractivity contribution in [1.29, 1.82) is 0 Å². The molecule has 1 unspecified atom stereocenters. The molecule has 9 nitrogen and oxygen atoms in total. The Bertz CT molecular complexity index is 1410. The molecule has 0 aliphatic carbocycles. The third-order valence-corrected chi connectivity index (χ3v) is 7.05. The van der Waals surface area contributed by atoms with E-state index in [1.54, 1.807) is 25.2 Å². The monoisotopic (exact) mass is 496 g/mol. The number of thioether (sulfide) groups is 1. The van der Waals surface area contributed by atoms with E-state index in [0.717, 1.165) is 34.4 Å². The highest BCUT2D eigenvalue weighted by molar-refractivity contribution is 7.98. The topological polar surface area (TPSA) is 108 Å². The van der Waals surface area contributed by atoms with Gasteiger partial charge < -0.3 is 15.2 Å². The summed E-state index contributed by atoms with van der Waals surface area (Å²) in [7, 11) is 1.59. The van der Waals surface area contributed by atoms with Crippen LogP contribution in [0.5, 0.6) is 0 Å². The molecule has 1 aliphatic heterocycles. The summed E-state index contributed by atoms with van der Waals surface area (Å²) in [5.74, 6) is 0.327. The molecule has 0 saturated carbocycles. The van der Waals surface area contributed by atoms with Crippen molar-refractivity contribution in [3.8, 4) is 0 Å². The highest BCUT2D eigenvalue weighted by Crippen LogP contribution is 2.23. The van der Waals surface area contributed by atoms with Gasteiger partial charge >= 0.3 is 5.69 Å². The molecule has 1 saturated heterocycles. The summed E-state index contributed by atoms with van der Waals surface area (Å²) in [6.07, 6.45) is 5.82. The highest BCUT2D eigenvalue weighted by Gasteiger charge is 2.26. The van der Waals surface area contributed by atoms with Crippen LogP contribution in [0.15, 0.2) is 50.4 Å². The number of anilines is 1. The third-order valence-electron chi connectivity index (χ3n) is 6.33. The number of hydrogen-bond acceptors (Lipinski definition) is 7. The Labute approximate surface area is 208 Å². The fourth-order valence-electron chi connectivity index (χ4n) is 4.41. The Balaban J connectivity index is 1.86. The lowest BCUT2D eigenvalue weighted by Crippen LogP contribution is -2.44. The van der Waals surface area contributed by atoms with Gasteiger partial charge in [-0.3, -0.25) is 18.7 Å². The van der Waals surface area contributed by atoms with Crippen molar-refractivity contribution in [2.45, 2.75) is 50.7 Å². The Morgan fingerprint density at radius 2 is 2.03 bits per heavy atom. The fraction of sp³-hybridized carbons (Fsp3) is 0.440. The average molecular weight is 497 g/mol. The van der Waals surface area contributed by atoms with Gasteiger partial charge in [-0.25, -0.2) is 4.79 Å². The first kappa shape index (κ1) is 25.0. The van der Waals surface area contributed by atoms with Gasteiger partial charge in [0.2, 0.25) is 5.95 Å². The number of nitrogens with two attached hydrogens (primary N) is 1. The number of aromatic nitrogens is 4. The van der Waals surface area contributed by atoms with Gasteiger partial charge in [-0.2, -0.15) is 4.98 Å². The number of nitrogens with zero attached hydrogens (tertiary/aromatic N) is 5. The van der Waals surface area contributed by atoms with Crippen LogP contribution in [-0.2, 0) is 20.1 Å². The second-order valence-corrected chi connectivity index (χ2v) is 10.1. The first-order chi connectivity index (χ1) is 16.7. The van der Waals surface area contributed by atoms with Crippen molar-refractivity contribution in [3.05, 3.63) is 62.3 Å². The van der Waals surface area contributed by atoms with Crippen LogP contribution in [0.25, 0.3) is 11.2 Å².